The molecule has 218 valence electrons. The van der Waals surface area contributed by atoms with E-state index in [0.717, 1.165) is 27.9 Å². The summed E-state index contributed by atoms with van der Waals surface area (Å²) in [6, 6.07) is 50.5. The smallest absolute Gasteiger partial charge is 0.144 e. The molecule has 2 nitrogen and oxygen atoms in total. The molecule has 46 heavy (non-hydrogen) atoms. The van der Waals surface area contributed by atoms with Crippen LogP contribution in [-0.4, -0.2) is 0 Å². The molecule has 10 rings (SSSR count). The van der Waals surface area contributed by atoms with Gasteiger partial charge in [-0.25, -0.2) is 0 Å². The second kappa shape index (κ2) is 9.32. The Balaban J connectivity index is 1.37. The molecule has 0 aliphatic heterocycles. The zero-order chi connectivity index (χ0) is 30.6. The number of anilines is 3. The van der Waals surface area contributed by atoms with Crippen molar-refractivity contribution in [3.8, 4) is 11.1 Å². The third kappa shape index (κ3) is 3.36. The summed E-state index contributed by atoms with van der Waals surface area (Å²) in [5.41, 5.74) is 10.3. The number of para-hydroxylation sites is 1. The van der Waals surface area contributed by atoms with Gasteiger partial charge in [0.2, 0.25) is 0 Å². The molecule has 1 aliphatic rings. The van der Waals surface area contributed by atoms with Gasteiger partial charge in [-0.1, -0.05) is 117 Å². The van der Waals surface area contributed by atoms with E-state index in [1.165, 1.54) is 64.3 Å². The topological polar surface area (TPSA) is 16.4 Å². The molecule has 0 fully saturated rings. The Morgan fingerprint density at radius 2 is 1.24 bits per heavy atom. The van der Waals surface area contributed by atoms with Gasteiger partial charge >= 0.3 is 0 Å². The van der Waals surface area contributed by atoms with Crippen molar-refractivity contribution in [1.82, 2.24) is 0 Å². The molecular formula is C43H29NOS. The van der Waals surface area contributed by atoms with Crippen molar-refractivity contribution in [1.29, 1.82) is 0 Å². The molecule has 0 spiro atoms. The Bertz CT molecular complexity index is 2680. The molecule has 0 saturated heterocycles. The summed E-state index contributed by atoms with van der Waals surface area (Å²) in [7, 11) is 0. The standard InChI is InChI=1S/C43H29NOS/c1-43(2)32-21-10-8-19-31(32)38-40(43)29-18-7-6-17-28(29)37-39-33(22-13-24-35(39)45-41(37)38)44(26-14-4-3-5-15-26)34-23-12-20-30-27-16-9-11-25-36(27)46-42(30)34/h3-25H,1-2H3. The van der Waals surface area contributed by atoms with Gasteiger partial charge in [-0.05, 0) is 63.9 Å². The minimum Gasteiger partial charge on any atom is -0.455 e. The fourth-order valence-corrected chi connectivity index (χ4v) is 9.30. The minimum atomic E-state index is -0.144. The summed E-state index contributed by atoms with van der Waals surface area (Å²) in [5, 5.41) is 7.42. The Morgan fingerprint density at radius 3 is 2.11 bits per heavy atom. The Hall–Kier alpha value is -5.38. The van der Waals surface area contributed by atoms with E-state index in [1.54, 1.807) is 0 Å². The lowest BCUT2D eigenvalue weighted by atomic mass is 9.79. The van der Waals surface area contributed by atoms with E-state index < -0.39 is 0 Å². The van der Waals surface area contributed by atoms with Crippen molar-refractivity contribution in [2.75, 3.05) is 4.90 Å². The highest BCUT2D eigenvalue weighted by atomic mass is 32.1. The molecule has 2 aromatic heterocycles. The summed E-state index contributed by atoms with van der Waals surface area (Å²) >= 11 is 1.86. The number of furan rings is 1. The fourth-order valence-electron chi connectivity index (χ4n) is 8.10. The molecule has 0 unspecified atom stereocenters. The van der Waals surface area contributed by atoms with Crippen LogP contribution in [0.25, 0.3) is 64.0 Å². The number of benzene rings is 7. The van der Waals surface area contributed by atoms with Gasteiger partial charge in [-0.3, -0.25) is 0 Å². The van der Waals surface area contributed by atoms with Crippen molar-refractivity contribution >= 4 is 81.3 Å². The van der Waals surface area contributed by atoms with Crippen LogP contribution in [-0.2, 0) is 5.41 Å². The van der Waals surface area contributed by atoms with E-state index in [9.17, 15) is 0 Å². The lowest BCUT2D eigenvalue weighted by molar-refractivity contribution is 0.657. The maximum absolute atomic E-state index is 7.03. The van der Waals surface area contributed by atoms with Gasteiger partial charge in [0.1, 0.15) is 11.2 Å². The van der Waals surface area contributed by atoms with Crippen molar-refractivity contribution in [3.63, 3.8) is 0 Å². The SMILES string of the molecule is CC1(C)c2ccccc2-c2c1c1ccccc1c1c2oc2cccc(N(c3ccccc3)c3cccc4c3sc3ccccc34)c21. The monoisotopic (exact) mass is 607 g/mol. The van der Waals surface area contributed by atoms with Crippen molar-refractivity contribution in [3.05, 3.63) is 151 Å². The van der Waals surface area contributed by atoms with Crippen LogP contribution in [0.4, 0.5) is 17.1 Å². The molecule has 0 bridgehead atoms. The number of hydrogen-bond acceptors (Lipinski definition) is 3. The van der Waals surface area contributed by atoms with Crippen molar-refractivity contribution in [2.24, 2.45) is 0 Å². The van der Waals surface area contributed by atoms with Crippen LogP contribution < -0.4 is 4.90 Å². The molecule has 7 aromatic carbocycles. The first-order valence-electron chi connectivity index (χ1n) is 15.9. The van der Waals surface area contributed by atoms with E-state index in [0.29, 0.717) is 0 Å². The Morgan fingerprint density at radius 1 is 0.565 bits per heavy atom. The van der Waals surface area contributed by atoms with Gasteiger partial charge in [0, 0.05) is 37.5 Å². The molecule has 0 saturated carbocycles. The van der Waals surface area contributed by atoms with E-state index >= 15 is 0 Å². The number of fused-ring (bicyclic) bond motifs is 13. The van der Waals surface area contributed by atoms with Crippen LogP contribution in [0, 0.1) is 0 Å². The van der Waals surface area contributed by atoms with E-state index in [4.69, 9.17) is 4.42 Å². The third-order valence-electron chi connectivity index (χ3n) is 10.0. The average Bonchev–Trinajstić information content (AvgIpc) is 3.75. The summed E-state index contributed by atoms with van der Waals surface area (Å²) < 4.78 is 9.60. The summed E-state index contributed by atoms with van der Waals surface area (Å²) in [5.74, 6) is 0. The van der Waals surface area contributed by atoms with Gasteiger partial charge in [0.25, 0.3) is 0 Å². The quantitative estimate of drug-likeness (QED) is 0.199. The fraction of sp³-hybridized carbons (Fsp3) is 0.0698. The zero-order valence-electron chi connectivity index (χ0n) is 25.5. The number of hydrogen-bond donors (Lipinski definition) is 0. The van der Waals surface area contributed by atoms with E-state index in [-0.39, 0.29) is 5.41 Å². The summed E-state index contributed by atoms with van der Waals surface area (Å²) in [6.07, 6.45) is 0. The van der Waals surface area contributed by atoms with Gasteiger partial charge in [-0.2, -0.15) is 0 Å². The second-order valence-electron chi connectivity index (χ2n) is 12.8. The maximum atomic E-state index is 7.03. The highest BCUT2D eigenvalue weighted by molar-refractivity contribution is 7.26. The number of rotatable bonds is 3. The zero-order valence-corrected chi connectivity index (χ0v) is 26.4. The van der Waals surface area contributed by atoms with Crippen molar-refractivity contribution in [2.45, 2.75) is 19.3 Å². The highest BCUT2D eigenvalue weighted by Crippen LogP contribution is 2.57. The first kappa shape index (κ1) is 25.9. The van der Waals surface area contributed by atoms with Crippen LogP contribution >= 0.6 is 11.3 Å². The predicted molar refractivity (Wildman–Crippen MR) is 196 cm³/mol. The van der Waals surface area contributed by atoms with Crippen LogP contribution in [0.15, 0.2) is 144 Å². The molecule has 0 radical (unpaired) electrons. The minimum absolute atomic E-state index is 0.144. The van der Waals surface area contributed by atoms with Gasteiger partial charge in [-0.15, -0.1) is 11.3 Å². The maximum Gasteiger partial charge on any atom is 0.144 e. The van der Waals surface area contributed by atoms with E-state index in [2.05, 4.69) is 158 Å². The third-order valence-corrected chi connectivity index (χ3v) is 11.2. The van der Waals surface area contributed by atoms with E-state index in [1.807, 2.05) is 11.3 Å². The predicted octanol–water partition coefficient (Wildman–Crippen LogP) is 12.9. The van der Waals surface area contributed by atoms with Gasteiger partial charge in [0.05, 0.1) is 21.5 Å². The molecule has 9 aromatic rings. The summed E-state index contributed by atoms with van der Waals surface area (Å²) in [6.45, 7) is 4.71. The van der Waals surface area contributed by atoms with Gasteiger partial charge < -0.3 is 9.32 Å². The molecule has 0 N–H and O–H groups in total. The van der Waals surface area contributed by atoms with Gasteiger partial charge in [0.15, 0.2) is 0 Å². The first-order valence-corrected chi connectivity index (χ1v) is 16.7. The first-order chi connectivity index (χ1) is 22.6. The lowest BCUT2D eigenvalue weighted by Gasteiger charge is -2.27. The molecule has 0 amide bonds. The second-order valence-corrected chi connectivity index (χ2v) is 13.9. The lowest BCUT2D eigenvalue weighted by Crippen LogP contribution is -2.15. The average molecular weight is 608 g/mol. The van der Waals surface area contributed by atoms with Crippen LogP contribution in [0.2, 0.25) is 0 Å². The van der Waals surface area contributed by atoms with Crippen molar-refractivity contribution < 1.29 is 4.42 Å². The normalized spacial score (nSPS) is 13.6. The van der Waals surface area contributed by atoms with Crippen LogP contribution in [0.3, 0.4) is 0 Å². The summed E-state index contributed by atoms with van der Waals surface area (Å²) in [4.78, 5) is 2.44. The number of nitrogens with zero attached hydrogens (tertiary/aromatic N) is 1. The molecule has 2 heterocycles. The Kier molecular flexibility index (Phi) is 5.25. The molecule has 3 heteroatoms. The largest absolute Gasteiger partial charge is 0.455 e. The van der Waals surface area contributed by atoms with Crippen LogP contribution in [0.5, 0.6) is 0 Å². The molecular weight excluding hydrogens is 579 g/mol. The Labute approximate surface area is 270 Å². The highest BCUT2D eigenvalue weighted by Gasteiger charge is 2.40. The van der Waals surface area contributed by atoms with Crippen LogP contribution in [0.1, 0.15) is 25.0 Å². The molecule has 0 atom stereocenters. The number of thiophene rings is 1. The molecule has 1 aliphatic carbocycles.